The number of nitrogens with zero attached hydrogens (tertiary/aromatic N) is 4. The van der Waals surface area contributed by atoms with Gasteiger partial charge in [-0.25, -0.2) is 9.97 Å². The number of nitriles is 1. The van der Waals surface area contributed by atoms with Gasteiger partial charge >= 0.3 is 0 Å². The fourth-order valence-electron chi connectivity index (χ4n) is 3.39. The summed E-state index contributed by atoms with van der Waals surface area (Å²) in [7, 11) is 0. The number of hydrogen-bond acceptors (Lipinski definition) is 6. The van der Waals surface area contributed by atoms with Gasteiger partial charge in [-0.1, -0.05) is 0 Å². The van der Waals surface area contributed by atoms with Crippen molar-refractivity contribution in [3.63, 3.8) is 0 Å². The van der Waals surface area contributed by atoms with Gasteiger partial charge in [-0.2, -0.15) is 5.26 Å². The van der Waals surface area contributed by atoms with Crippen LogP contribution in [0.3, 0.4) is 0 Å². The maximum Gasteiger partial charge on any atom is 0.141 e. The number of rotatable bonds is 3. The average molecular weight is 364 g/mol. The number of ether oxygens (including phenoxy) is 1. The van der Waals surface area contributed by atoms with E-state index in [2.05, 4.69) is 34.8 Å². The second-order valence-electron chi connectivity index (χ2n) is 6.60. The first-order valence-corrected chi connectivity index (χ1v) is 9.60. The SMILES string of the molecule is Cc1sc2ncnc(N3CCC(Oc4ccc(C#N)cc4)CC3)c2c1C. The Morgan fingerprint density at radius 3 is 2.58 bits per heavy atom. The molecule has 4 rings (SSSR count). The predicted octanol–water partition coefficient (Wildman–Crippen LogP) is 4.23. The molecule has 0 aliphatic carbocycles. The van der Waals surface area contributed by atoms with Gasteiger partial charge in [0.25, 0.3) is 0 Å². The van der Waals surface area contributed by atoms with Crippen LogP contribution in [-0.4, -0.2) is 29.2 Å². The highest BCUT2D eigenvalue weighted by molar-refractivity contribution is 7.18. The van der Waals surface area contributed by atoms with Crippen LogP contribution in [-0.2, 0) is 0 Å². The molecule has 1 saturated heterocycles. The first-order valence-electron chi connectivity index (χ1n) is 8.78. The summed E-state index contributed by atoms with van der Waals surface area (Å²) in [5, 5.41) is 10.1. The van der Waals surface area contributed by atoms with Gasteiger partial charge in [0, 0.05) is 30.8 Å². The summed E-state index contributed by atoms with van der Waals surface area (Å²) >= 11 is 1.74. The van der Waals surface area contributed by atoms with Crippen LogP contribution in [0.4, 0.5) is 5.82 Å². The predicted molar refractivity (Wildman–Crippen MR) is 104 cm³/mol. The van der Waals surface area contributed by atoms with Crippen LogP contribution in [0.25, 0.3) is 10.2 Å². The minimum absolute atomic E-state index is 0.196. The third-order valence-electron chi connectivity index (χ3n) is 4.97. The summed E-state index contributed by atoms with van der Waals surface area (Å²) in [5.74, 6) is 1.88. The molecule has 0 saturated carbocycles. The van der Waals surface area contributed by atoms with Gasteiger partial charge in [-0.3, -0.25) is 0 Å². The average Bonchev–Trinajstić information content (AvgIpc) is 2.97. The Hall–Kier alpha value is -2.65. The number of anilines is 1. The summed E-state index contributed by atoms with van der Waals surface area (Å²) in [6.07, 6.45) is 3.77. The third-order valence-corrected chi connectivity index (χ3v) is 6.09. The quantitative estimate of drug-likeness (QED) is 0.696. The van der Waals surface area contributed by atoms with Crippen LogP contribution in [0.1, 0.15) is 28.8 Å². The van der Waals surface area contributed by atoms with Crippen LogP contribution >= 0.6 is 11.3 Å². The highest BCUT2D eigenvalue weighted by Crippen LogP contribution is 2.35. The molecule has 0 amide bonds. The van der Waals surface area contributed by atoms with E-state index >= 15 is 0 Å². The smallest absolute Gasteiger partial charge is 0.141 e. The fraction of sp³-hybridized carbons (Fsp3) is 0.350. The number of fused-ring (bicyclic) bond motifs is 1. The lowest BCUT2D eigenvalue weighted by Gasteiger charge is -2.33. The van der Waals surface area contributed by atoms with Crippen molar-refractivity contribution in [2.75, 3.05) is 18.0 Å². The number of benzene rings is 1. The van der Waals surface area contributed by atoms with Crippen molar-refractivity contribution >= 4 is 27.4 Å². The first kappa shape index (κ1) is 16.8. The molecule has 3 heterocycles. The van der Waals surface area contributed by atoms with Gasteiger partial charge in [0.1, 0.15) is 28.8 Å². The van der Waals surface area contributed by atoms with Crippen molar-refractivity contribution < 1.29 is 4.74 Å². The van der Waals surface area contributed by atoms with Crippen LogP contribution in [0.5, 0.6) is 5.75 Å². The molecule has 1 fully saturated rings. The van der Waals surface area contributed by atoms with Crippen molar-refractivity contribution in [2.24, 2.45) is 0 Å². The summed E-state index contributed by atoms with van der Waals surface area (Å²) in [6, 6.07) is 9.46. The highest BCUT2D eigenvalue weighted by Gasteiger charge is 2.24. The Morgan fingerprint density at radius 2 is 1.88 bits per heavy atom. The highest BCUT2D eigenvalue weighted by atomic mass is 32.1. The van der Waals surface area contributed by atoms with E-state index in [0.29, 0.717) is 5.56 Å². The second kappa shape index (κ2) is 6.93. The van der Waals surface area contributed by atoms with Gasteiger partial charge < -0.3 is 9.64 Å². The van der Waals surface area contributed by atoms with E-state index in [0.717, 1.165) is 42.3 Å². The number of aryl methyl sites for hydroxylation is 2. The van der Waals surface area contributed by atoms with Crippen LogP contribution < -0.4 is 9.64 Å². The molecule has 5 nitrogen and oxygen atoms in total. The second-order valence-corrected chi connectivity index (χ2v) is 7.80. The molecule has 0 atom stereocenters. The molecular weight excluding hydrogens is 344 g/mol. The van der Waals surface area contributed by atoms with Gasteiger partial charge in [0.05, 0.1) is 17.0 Å². The van der Waals surface area contributed by atoms with Gasteiger partial charge in [0.15, 0.2) is 0 Å². The zero-order valence-electron chi connectivity index (χ0n) is 14.9. The summed E-state index contributed by atoms with van der Waals surface area (Å²) in [4.78, 5) is 13.7. The lowest BCUT2D eigenvalue weighted by Crippen LogP contribution is -2.38. The Labute approximate surface area is 156 Å². The minimum Gasteiger partial charge on any atom is -0.490 e. The Kier molecular flexibility index (Phi) is 4.48. The van der Waals surface area contributed by atoms with E-state index in [1.807, 2.05) is 12.1 Å². The first-order chi connectivity index (χ1) is 12.7. The van der Waals surface area contributed by atoms with Crippen molar-refractivity contribution in [3.05, 3.63) is 46.6 Å². The van der Waals surface area contributed by atoms with E-state index in [-0.39, 0.29) is 6.10 Å². The van der Waals surface area contributed by atoms with Gasteiger partial charge in [-0.05, 0) is 43.7 Å². The molecule has 0 N–H and O–H groups in total. The molecule has 1 aromatic carbocycles. The van der Waals surface area contributed by atoms with Crippen molar-refractivity contribution in [1.82, 2.24) is 9.97 Å². The normalized spacial score (nSPS) is 15.2. The van der Waals surface area contributed by atoms with Crippen molar-refractivity contribution in [3.8, 4) is 11.8 Å². The molecule has 3 aromatic rings. The molecule has 0 spiro atoms. The van der Waals surface area contributed by atoms with Crippen molar-refractivity contribution in [2.45, 2.75) is 32.8 Å². The third kappa shape index (κ3) is 3.11. The largest absolute Gasteiger partial charge is 0.490 e. The summed E-state index contributed by atoms with van der Waals surface area (Å²) in [6.45, 7) is 6.13. The van der Waals surface area contributed by atoms with Crippen LogP contribution in [0, 0.1) is 25.2 Å². The molecule has 1 aliphatic rings. The zero-order chi connectivity index (χ0) is 18.1. The van der Waals surface area contributed by atoms with E-state index in [4.69, 9.17) is 10.00 Å². The summed E-state index contributed by atoms with van der Waals surface area (Å²) in [5.41, 5.74) is 1.94. The van der Waals surface area contributed by atoms with E-state index < -0.39 is 0 Å². The molecule has 2 aromatic heterocycles. The zero-order valence-corrected chi connectivity index (χ0v) is 15.7. The molecule has 0 bridgehead atoms. The molecule has 132 valence electrons. The van der Waals surface area contributed by atoms with Crippen LogP contribution in [0.15, 0.2) is 30.6 Å². The number of aromatic nitrogens is 2. The molecule has 0 radical (unpaired) electrons. The molecule has 1 aliphatic heterocycles. The minimum atomic E-state index is 0.196. The molecular formula is C20H20N4OS. The molecule has 6 heteroatoms. The maximum atomic E-state index is 8.88. The van der Waals surface area contributed by atoms with Gasteiger partial charge in [0.2, 0.25) is 0 Å². The fourth-order valence-corrected chi connectivity index (χ4v) is 4.38. The van der Waals surface area contributed by atoms with E-state index in [1.54, 1.807) is 29.8 Å². The number of piperidine rings is 1. The monoisotopic (exact) mass is 364 g/mol. The van der Waals surface area contributed by atoms with Crippen LogP contribution in [0.2, 0.25) is 0 Å². The Bertz CT molecular complexity index is 966. The molecule has 26 heavy (non-hydrogen) atoms. The molecule has 0 unspecified atom stereocenters. The maximum absolute atomic E-state index is 8.88. The topological polar surface area (TPSA) is 62.0 Å². The van der Waals surface area contributed by atoms with E-state index in [1.165, 1.54) is 15.8 Å². The van der Waals surface area contributed by atoms with Gasteiger partial charge in [-0.15, -0.1) is 11.3 Å². The lowest BCUT2D eigenvalue weighted by molar-refractivity contribution is 0.171. The number of thiophene rings is 1. The van der Waals surface area contributed by atoms with Crippen molar-refractivity contribution in [1.29, 1.82) is 5.26 Å². The Morgan fingerprint density at radius 1 is 1.15 bits per heavy atom. The summed E-state index contributed by atoms with van der Waals surface area (Å²) < 4.78 is 6.09. The Balaban J connectivity index is 1.46. The standard InChI is InChI=1S/C20H20N4OS/c1-13-14(2)26-20-18(13)19(22-12-23-20)24-9-7-17(8-10-24)25-16-5-3-15(11-21)4-6-16/h3-6,12,17H,7-10H2,1-2H3. The number of hydrogen-bond donors (Lipinski definition) is 0. The lowest BCUT2D eigenvalue weighted by atomic mass is 10.1. The van der Waals surface area contributed by atoms with E-state index in [9.17, 15) is 0 Å².